The largest absolute Gasteiger partial charge is 0.346 e. The Balaban J connectivity index is 0.000000230. The van der Waals surface area contributed by atoms with Crippen molar-refractivity contribution in [1.29, 1.82) is 0 Å². The molecule has 0 spiro atoms. The molecule has 4 heterocycles. The molecular formula is C24H29N5S. The Morgan fingerprint density at radius 2 is 1.93 bits per heavy atom. The minimum Gasteiger partial charge on any atom is -0.346 e. The second kappa shape index (κ2) is 8.66. The number of nitrogens with one attached hydrogen (secondary N) is 2. The first-order valence-corrected chi connectivity index (χ1v) is 10.8. The summed E-state index contributed by atoms with van der Waals surface area (Å²) >= 11 is 4.13. The molecule has 156 valence electrons. The second-order valence-electron chi connectivity index (χ2n) is 8.73. The molecule has 2 N–H and O–H groups in total. The molecule has 1 atom stereocenters. The van der Waals surface area contributed by atoms with Gasteiger partial charge in [-0.25, -0.2) is 4.98 Å². The van der Waals surface area contributed by atoms with Crippen molar-refractivity contribution < 1.29 is 0 Å². The second-order valence-corrected chi connectivity index (χ2v) is 9.24. The predicted octanol–water partition coefficient (Wildman–Crippen LogP) is 5.10. The maximum absolute atomic E-state index is 4.75. The summed E-state index contributed by atoms with van der Waals surface area (Å²) in [6.45, 7) is 8.76. The van der Waals surface area contributed by atoms with E-state index in [1.807, 2.05) is 30.5 Å². The van der Waals surface area contributed by atoms with E-state index in [2.05, 4.69) is 77.9 Å². The molecule has 0 aliphatic carbocycles. The number of thiol groups is 1. The lowest BCUT2D eigenvalue weighted by Gasteiger charge is -2.17. The van der Waals surface area contributed by atoms with Gasteiger partial charge >= 0.3 is 0 Å². The van der Waals surface area contributed by atoms with Crippen molar-refractivity contribution in [3.8, 4) is 11.3 Å². The molecule has 5 rings (SSSR count). The Hall–Kier alpha value is -2.57. The molecule has 1 fully saturated rings. The number of H-pyrrole nitrogens is 1. The van der Waals surface area contributed by atoms with Crippen molar-refractivity contribution in [3.63, 3.8) is 0 Å². The Morgan fingerprint density at radius 3 is 2.57 bits per heavy atom. The van der Waals surface area contributed by atoms with Crippen molar-refractivity contribution in [1.82, 2.24) is 25.1 Å². The molecule has 0 amide bonds. The highest BCUT2D eigenvalue weighted by Gasteiger charge is 2.30. The zero-order valence-corrected chi connectivity index (χ0v) is 18.7. The SMILES string of the molecule is CC1(C)CC(Cn2ccc3nc(-c4cn[nH]c4)ccc32)CN1.Cc1ccc(S)cc1. The van der Waals surface area contributed by atoms with Crippen LogP contribution >= 0.6 is 12.6 Å². The normalized spacial score (nSPS) is 17.7. The van der Waals surface area contributed by atoms with E-state index in [1.54, 1.807) is 6.20 Å². The lowest BCUT2D eigenvalue weighted by molar-refractivity contribution is 0.421. The van der Waals surface area contributed by atoms with Crippen LogP contribution in [0.2, 0.25) is 0 Å². The number of hydrogen-bond donors (Lipinski definition) is 3. The first-order chi connectivity index (χ1) is 14.4. The number of aromatic nitrogens is 4. The average Bonchev–Trinajstić information content (AvgIpc) is 3.45. The van der Waals surface area contributed by atoms with Crippen LogP contribution in [0.4, 0.5) is 0 Å². The maximum Gasteiger partial charge on any atom is 0.0888 e. The third kappa shape index (κ3) is 4.94. The Kier molecular flexibility index (Phi) is 5.97. The van der Waals surface area contributed by atoms with E-state index in [4.69, 9.17) is 4.98 Å². The lowest BCUT2D eigenvalue weighted by Crippen LogP contribution is -2.31. The van der Waals surface area contributed by atoms with Gasteiger partial charge in [0.25, 0.3) is 0 Å². The van der Waals surface area contributed by atoms with Crippen LogP contribution in [0.5, 0.6) is 0 Å². The summed E-state index contributed by atoms with van der Waals surface area (Å²) in [5, 5.41) is 10.4. The van der Waals surface area contributed by atoms with Gasteiger partial charge in [0.15, 0.2) is 0 Å². The number of hydrogen-bond acceptors (Lipinski definition) is 4. The number of fused-ring (bicyclic) bond motifs is 1. The first-order valence-electron chi connectivity index (χ1n) is 10.4. The molecule has 1 aliphatic heterocycles. The van der Waals surface area contributed by atoms with Gasteiger partial charge in [-0.3, -0.25) is 5.10 Å². The quantitative estimate of drug-likeness (QED) is 0.405. The standard InChI is InChI=1S/C17H21N5.C7H8S/c1-17(2)7-12(8-18-17)11-22-6-5-15-16(22)4-3-14(21-15)13-9-19-20-10-13;1-6-2-4-7(8)5-3-6/h3-6,9-10,12,18H,7-8,11H2,1-2H3,(H,19,20);2-5,8H,1H3. The molecule has 1 aromatic carbocycles. The molecule has 3 aromatic heterocycles. The predicted molar refractivity (Wildman–Crippen MR) is 126 cm³/mol. The van der Waals surface area contributed by atoms with E-state index in [1.165, 1.54) is 17.5 Å². The van der Waals surface area contributed by atoms with Gasteiger partial charge in [0.05, 0.1) is 22.9 Å². The molecule has 5 nitrogen and oxygen atoms in total. The number of benzene rings is 1. The van der Waals surface area contributed by atoms with Crippen LogP contribution in [0, 0.1) is 12.8 Å². The third-order valence-corrected chi connectivity index (χ3v) is 5.87. The molecule has 30 heavy (non-hydrogen) atoms. The highest BCUT2D eigenvalue weighted by atomic mass is 32.1. The van der Waals surface area contributed by atoms with E-state index < -0.39 is 0 Å². The van der Waals surface area contributed by atoms with Crippen LogP contribution in [0.25, 0.3) is 22.3 Å². The zero-order chi connectivity index (χ0) is 21.1. The molecule has 0 bridgehead atoms. The van der Waals surface area contributed by atoms with Crippen molar-refractivity contribution in [2.75, 3.05) is 6.54 Å². The molecule has 4 aromatic rings. The molecule has 0 radical (unpaired) electrons. The summed E-state index contributed by atoms with van der Waals surface area (Å²) in [4.78, 5) is 5.77. The van der Waals surface area contributed by atoms with E-state index in [-0.39, 0.29) is 5.54 Å². The van der Waals surface area contributed by atoms with E-state index >= 15 is 0 Å². The van der Waals surface area contributed by atoms with Crippen molar-refractivity contribution >= 4 is 23.7 Å². The molecule has 0 saturated carbocycles. The van der Waals surface area contributed by atoms with Gasteiger partial charge in [0.1, 0.15) is 0 Å². The smallest absolute Gasteiger partial charge is 0.0888 e. The Labute approximate surface area is 183 Å². The minimum atomic E-state index is 0.264. The van der Waals surface area contributed by atoms with Gasteiger partial charge in [0.2, 0.25) is 0 Å². The monoisotopic (exact) mass is 419 g/mol. The number of aromatic amines is 1. The molecular weight excluding hydrogens is 390 g/mol. The molecule has 6 heteroatoms. The fraction of sp³-hybridized carbons (Fsp3) is 0.333. The van der Waals surface area contributed by atoms with E-state index in [0.717, 1.165) is 34.8 Å². The highest BCUT2D eigenvalue weighted by Crippen LogP contribution is 2.27. The molecule has 1 saturated heterocycles. The average molecular weight is 420 g/mol. The molecule has 1 unspecified atom stereocenters. The zero-order valence-electron chi connectivity index (χ0n) is 17.8. The number of rotatable bonds is 3. The molecule has 1 aliphatic rings. The van der Waals surface area contributed by atoms with Crippen molar-refractivity contribution in [3.05, 3.63) is 66.6 Å². The fourth-order valence-corrected chi connectivity index (χ4v) is 4.17. The number of aryl methyl sites for hydroxylation is 1. The van der Waals surface area contributed by atoms with E-state index in [0.29, 0.717) is 5.92 Å². The van der Waals surface area contributed by atoms with Gasteiger partial charge in [-0.1, -0.05) is 17.7 Å². The summed E-state index contributed by atoms with van der Waals surface area (Å²) in [6.07, 6.45) is 7.05. The summed E-state index contributed by atoms with van der Waals surface area (Å²) in [5.41, 5.74) is 5.78. The lowest BCUT2D eigenvalue weighted by atomic mass is 9.97. The summed E-state index contributed by atoms with van der Waals surface area (Å²) < 4.78 is 2.33. The van der Waals surface area contributed by atoms with E-state index in [9.17, 15) is 0 Å². The van der Waals surface area contributed by atoms with Crippen molar-refractivity contribution in [2.45, 2.75) is 44.2 Å². The maximum atomic E-state index is 4.75. The number of pyridine rings is 1. The number of nitrogens with zero attached hydrogens (tertiary/aromatic N) is 3. The van der Waals surface area contributed by atoms with Gasteiger partial charge in [-0.2, -0.15) is 5.10 Å². The van der Waals surface area contributed by atoms with Gasteiger partial charge in [-0.05, 0) is 63.4 Å². The Bertz CT molecular complexity index is 1080. The van der Waals surface area contributed by atoms with Gasteiger partial charge < -0.3 is 9.88 Å². The minimum absolute atomic E-state index is 0.264. The highest BCUT2D eigenvalue weighted by molar-refractivity contribution is 7.80. The van der Waals surface area contributed by atoms with Crippen LogP contribution in [0.15, 0.2) is 66.0 Å². The summed E-state index contributed by atoms with van der Waals surface area (Å²) in [6, 6.07) is 14.4. The van der Waals surface area contributed by atoms with Crippen LogP contribution in [-0.2, 0) is 6.54 Å². The third-order valence-electron chi connectivity index (χ3n) is 5.58. The van der Waals surface area contributed by atoms with Gasteiger partial charge in [-0.15, -0.1) is 12.6 Å². The Morgan fingerprint density at radius 1 is 1.13 bits per heavy atom. The van der Waals surface area contributed by atoms with Crippen LogP contribution in [0.3, 0.4) is 0 Å². The summed E-state index contributed by atoms with van der Waals surface area (Å²) in [7, 11) is 0. The van der Waals surface area contributed by atoms with Crippen LogP contribution < -0.4 is 5.32 Å². The van der Waals surface area contributed by atoms with Gasteiger partial charge in [0, 0.05) is 41.5 Å². The fourth-order valence-electron chi connectivity index (χ4n) is 4.02. The van der Waals surface area contributed by atoms with Crippen LogP contribution in [-0.4, -0.2) is 31.8 Å². The summed E-state index contributed by atoms with van der Waals surface area (Å²) in [5.74, 6) is 0.680. The van der Waals surface area contributed by atoms with Crippen LogP contribution in [0.1, 0.15) is 25.8 Å². The topological polar surface area (TPSA) is 58.5 Å². The van der Waals surface area contributed by atoms with Crippen molar-refractivity contribution in [2.24, 2.45) is 5.92 Å². The first kappa shape index (κ1) is 20.7.